The van der Waals surface area contributed by atoms with Crippen molar-refractivity contribution in [3.05, 3.63) is 72.0 Å². The second-order valence-corrected chi connectivity index (χ2v) is 9.77. The molecule has 0 unspecified atom stereocenters. The highest BCUT2D eigenvalue weighted by Crippen LogP contribution is 2.18. The molecule has 1 atom stereocenters. The first-order chi connectivity index (χ1) is 13.6. The zero-order chi connectivity index (χ0) is 19.4. The van der Waals surface area contributed by atoms with Gasteiger partial charge in [-0.3, -0.25) is 0 Å². The first kappa shape index (κ1) is 19.2. The molecule has 0 aliphatic carbocycles. The quantitative estimate of drug-likeness (QED) is 0.614. The molecule has 6 nitrogen and oxygen atoms in total. The van der Waals surface area contributed by atoms with Crippen LogP contribution in [-0.4, -0.2) is 41.1 Å². The topological polar surface area (TPSA) is 67.0 Å². The van der Waals surface area contributed by atoms with Crippen LogP contribution in [0.5, 0.6) is 0 Å². The Balaban J connectivity index is 1.44. The van der Waals surface area contributed by atoms with Crippen LogP contribution in [-0.2, 0) is 10.0 Å². The van der Waals surface area contributed by atoms with Gasteiger partial charge in [-0.1, -0.05) is 24.3 Å². The summed E-state index contributed by atoms with van der Waals surface area (Å²) in [4.78, 5) is 3.70. The summed E-state index contributed by atoms with van der Waals surface area (Å²) in [7, 11) is -3.49. The molecule has 1 aliphatic rings. The molecule has 1 fully saturated rings. The number of hydrogen-bond donors (Lipinski definition) is 2. The molecule has 1 saturated heterocycles. The van der Waals surface area contributed by atoms with Crippen molar-refractivity contribution in [2.45, 2.75) is 10.3 Å². The maximum absolute atomic E-state index is 12.5. The second kappa shape index (κ2) is 8.48. The van der Waals surface area contributed by atoms with E-state index in [0.717, 1.165) is 31.9 Å². The summed E-state index contributed by atoms with van der Waals surface area (Å²) in [6, 6.07) is 17.5. The zero-order valence-electron chi connectivity index (χ0n) is 15.5. The molecule has 1 aromatic carbocycles. The molecule has 8 heteroatoms. The van der Waals surface area contributed by atoms with Crippen molar-refractivity contribution < 1.29 is 17.7 Å². The molecule has 3 aromatic rings. The lowest BCUT2D eigenvalue weighted by Gasteiger charge is -2.37. The van der Waals surface area contributed by atoms with E-state index in [1.807, 2.05) is 18.2 Å². The normalized spacial score (nSPS) is 16.9. The molecule has 2 aromatic heterocycles. The highest BCUT2D eigenvalue weighted by Gasteiger charge is 2.32. The number of nitrogens with zero attached hydrogens (tertiary/aromatic N) is 1. The summed E-state index contributed by atoms with van der Waals surface area (Å²) in [5.41, 5.74) is 1.23. The van der Waals surface area contributed by atoms with Gasteiger partial charge in [-0.05, 0) is 35.7 Å². The fourth-order valence-corrected chi connectivity index (χ4v) is 5.74. The Hall–Kier alpha value is -2.13. The van der Waals surface area contributed by atoms with Crippen LogP contribution in [0.3, 0.4) is 0 Å². The van der Waals surface area contributed by atoms with Crippen molar-refractivity contribution >= 4 is 27.0 Å². The van der Waals surface area contributed by atoms with Crippen LogP contribution in [0.25, 0.3) is 0 Å². The third kappa shape index (κ3) is 4.30. The van der Waals surface area contributed by atoms with Crippen molar-refractivity contribution in [1.29, 1.82) is 0 Å². The number of thiophene rings is 1. The van der Waals surface area contributed by atoms with Gasteiger partial charge in [0.15, 0.2) is 11.8 Å². The lowest BCUT2D eigenvalue weighted by Crippen LogP contribution is -3.15. The number of nitrogens with one attached hydrogen (secondary N) is 2. The number of anilines is 1. The molecular formula is C20H24N3O3S2+. The van der Waals surface area contributed by atoms with E-state index in [1.54, 1.807) is 23.8 Å². The largest absolute Gasteiger partial charge is 0.463 e. The maximum Gasteiger partial charge on any atom is 0.250 e. The number of furan rings is 1. The molecule has 2 N–H and O–H groups in total. The second-order valence-electron chi connectivity index (χ2n) is 6.83. The van der Waals surface area contributed by atoms with Crippen LogP contribution >= 0.6 is 11.3 Å². The van der Waals surface area contributed by atoms with E-state index in [9.17, 15) is 8.42 Å². The van der Waals surface area contributed by atoms with Crippen molar-refractivity contribution in [3.63, 3.8) is 0 Å². The van der Waals surface area contributed by atoms with Crippen molar-refractivity contribution in [1.82, 2.24) is 4.72 Å². The van der Waals surface area contributed by atoms with Crippen molar-refractivity contribution in [2.75, 3.05) is 37.6 Å². The van der Waals surface area contributed by atoms with Crippen LogP contribution in [0.2, 0.25) is 0 Å². The number of rotatable bonds is 7. The van der Waals surface area contributed by atoms with Crippen LogP contribution in [0, 0.1) is 0 Å². The molecule has 28 heavy (non-hydrogen) atoms. The number of sulfonamides is 1. The molecule has 148 valence electrons. The van der Waals surface area contributed by atoms with Crippen LogP contribution in [0.1, 0.15) is 11.8 Å². The minimum Gasteiger partial charge on any atom is -0.463 e. The van der Waals surface area contributed by atoms with E-state index in [1.165, 1.54) is 21.9 Å². The Bertz CT molecular complexity index is 950. The number of para-hydroxylation sites is 1. The fourth-order valence-electron chi connectivity index (χ4n) is 3.66. The van der Waals surface area contributed by atoms with E-state index in [0.29, 0.717) is 10.8 Å². The monoisotopic (exact) mass is 418 g/mol. The third-order valence-electron chi connectivity index (χ3n) is 5.14. The first-order valence-electron chi connectivity index (χ1n) is 9.34. The Labute approximate surface area is 169 Å². The van der Waals surface area contributed by atoms with Crippen LogP contribution in [0.15, 0.2) is 74.9 Å². The summed E-state index contributed by atoms with van der Waals surface area (Å²) in [5.74, 6) is 0.817. The predicted octanol–water partition coefficient (Wildman–Crippen LogP) is 1.77. The molecule has 1 aliphatic heterocycles. The highest BCUT2D eigenvalue weighted by molar-refractivity contribution is 7.91. The van der Waals surface area contributed by atoms with Gasteiger partial charge in [0.1, 0.15) is 4.21 Å². The molecule has 4 rings (SSSR count). The van der Waals surface area contributed by atoms with E-state index >= 15 is 0 Å². The number of piperazine rings is 1. The average molecular weight is 419 g/mol. The van der Waals surface area contributed by atoms with Gasteiger partial charge in [0.25, 0.3) is 0 Å². The fraction of sp³-hybridized carbons (Fsp3) is 0.300. The van der Waals surface area contributed by atoms with Crippen LogP contribution in [0.4, 0.5) is 5.69 Å². The van der Waals surface area contributed by atoms with Gasteiger partial charge in [0.2, 0.25) is 10.0 Å². The third-order valence-corrected chi connectivity index (χ3v) is 7.96. The van der Waals surface area contributed by atoms with Gasteiger partial charge in [0.05, 0.1) is 39.0 Å². The van der Waals surface area contributed by atoms with E-state index in [4.69, 9.17) is 4.42 Å². The minimum atomic E-state index is -3.49. The van der Waals surface area contributed by atoms with Gasteiger partial charge in [-0.2, -0.15) is 0 Å². The van der Waals surface area contributed by atoms with Gasteiger partial charge >= 0.3 is 0 Å². The predicted molar refractivity (Wildman–Crippen MR) is 110 cm³/mol. The summed E-state index contributed by atoms with van der Waals surface area (Å²) in [6.07, 6.45) is 1.65. The molecule has 0 amide bonds. The SMILES string of the molecule is O=S(=O)(NC[C@@H](c1ccco1)[NH+]1CCN(c2ccccc2)CC1)c1cccs1. The number of quaternary nitrogens is 1. The molecular weight excluding hydrogens is 394 g/mol. The van der Waals surface area contributed by atoms with Crippen molar-refractivity contribution in [3.8, 4) is 0 Å². The number of benzene rings is 1. The van der Waals surface area contributed by atoms with Gasteiger partial charge in [0, 0.05) is 5.69 Å². The average Bonchev–Trinajstić information content (AvgIpc) is 3.44. The summed E-state index contributed by atoms with van der Waals surface area (Å²) < 4.78 is 33.8. The van der Waals surface area contributed by atoms with Gasteiger partial charge < -0.3 is 14.2 Å². The molecule has 0 bridgehead atoms. The summed E-state index contributed by atoms with van der Waals surface area (Å²) in [5, 5.41) is 1.77. The maximum atomic E-state index is 12.5. The minimum absolute atomic E-state index is 0.0531. The van der Waals surface area contributed by atoms with E-state index in [2.05, 4.69) is 33.9 Å². The lowest BCUT2D eigenvalue weighted by atomic mass is 10.1. The lowest BCUT2D eigenvalue weighted by molar-refractivity contribution is -0.931. The standard InChI is InChI=1S/C20H23N3O3S2/c24-28(25,20-9-5-15-27-20)21-16-18(19-8-4-14-26-19)23-12-10-22(11-13-23)17-6-2-1-3-7-17/h1-9,14-15,18,21H,10-13,16H2/p+1/t18-/m0/s1. The Morgan fingerprint density at radius 1 is 1.07 bits per heavy atom. The van der Waals surface area contributed by atoms with Crippen molar-refractivity contribution in [2.24, 2.45) is 0 Å². The van der Waals surface area contributed by atoms with E-state index in [-0.39, 0.29) is 6.04 Å². The van der Waals surface area contributed by atoms with Crippen LogP contribution < -0.4 is 14.5 Å². The van der Waals surface area contributed by atoms with Gasteiger partial charge in [-0.25, -0.2) is 13.1 Å². The zero-order valence-corrected chi connectivity index (χ0v) is 17.1. The molecule has 3 heterocycles. The molecule has 0 radical (unpaired) electrons. The Morgan fingerprint density at radius 2 is 1.86 bits per heavy atom. The first-order valence-corrected chi connectivity index (χ1v) is 11.7. The van der Waals surface area contributed by atoms with Gasteiger partial charge in [-0.15, -0.1) is 11.3 Å². The Morgan fingerprint density at radius 3 is 2.50 bits per heavy atom. The molecule has 0 spiro atoms. The Kier molecular flexibility index (Phi) is 5.82. The summed E-state index contributed by atoms with van der Waals surface area (Å²) in [6.45, 7) is 4.00. The smallest absolute Gasteiger partial charge is 0.250 e. The summed E-state index contributed by atoms with van der Waals surface area (Å²) >= 11 is 1.23. The molecule has 0 saturated carbocycles. The highest BCUT2D eigenvalue weighted by atomic mass is 32.2. The van der Waals surface area contributed by atoms with E-state index < -0.39 is 10.0 Å². The number of hydrogen-bond acceptors (Lipinski definition) is 5.